The molecule has 4 aromatic rings. The Morgan fingerprint density at radius 3 is 2.53 bits per heavy atom. The number of anilines is 1. The zero-order chi connectivity index (χ0) is 30.5. The van der Waals surface area contributed by atoms with Gasteiger partial charge in [0.15, 0.2) is 0 Å². The van der Waals surface area contributed by atoms with Crippen molar-refractivity contribution in [3.63, 3.8) is 0 Å². The van der Waals surface area contributed by atoms with Crippen LogP contribution in [0.15, 0.2) is 54.6 Å². The third-order valence-corrected chi connectivity index (χ3v) is 10.7. The predicted molar refractivity (Wildman–Crippen MR) is 178 cm³/mol. The number of likely N-dealkylation sites (tertiary alicyclic amines) is 2. The molecule has 8 rings (SSSR count). The summed E-state index contributed by atoms with van der Waals surface area (Å²) in [6.07, 6.45) is 6.17. The molecule has 4 saturated heterocycles. The number of ether oxygens (including phenoxy) is 1. The fourth-order valence-electron chi connectivity index (χ4n) is 8.35. The number of hydrogen-bond acceptors (Lipinski definition) is 9. The molecule has 5 heterocycles. The minimum absolute atomic E-state index is 0.250. The molecule has 3 atom stereocenters. The van der Waals surface area contributed by atoms with E-state index < -0.39 is 5.60 Å². The molecule has 0 saturated carbocycles. The molecule has 1 aromatic heterocycles. The van der Waals surface area contributed by atoms with Crippen LogP contribution in [0.2, 0.25) is 0 Å². The van der Waals surface area contributed by atoms with Gasteiger partial charge in [0, 0.05) is 43.1 Å². The van der Waals surface area contributed by atoms with Crippen molar-refractivity contribution in [2.45, 2.75) is 62.3 Å². The summed E-state index contributed by atoms with van der Waals surface area (Å²) in [6.45, 7) is 6.03. The fraction of sp³-hybridized carbons (Fsp3) is 0.500. The number of β-amino-alcohol motifs (C(OH)–C–C–N with tert-alkyl or cyclic N) is 1. The Kier molecular flexibility index (Phi) is 7.52. The molecule has 45 heavy (non-hydrogen) atoms. The summed E-state index contributed by atoms with van der Waals surface area (Å²) in [5, 5.41) is 28.4. The lowest BCUT2D eigenvalue weighted by atomic mass is 9.91. The maximum Gasteiger partial charge on any atom is 0.319 e. The standard InChI is InChI=1S/C36H44N6O3/c1-40-16-4-6-28(40)22-45-35-38-33-18-25(32-19-29(43)17-24-5-2-3-7-30(24)32)8-11-31(33)34(39-35)42-26-9-10-27(42)21-41(20-26)23-36(44)12-14-37-15-13-36/h2-3,5,7-8,11,17-19,26-28,37,43-44H,4,6,9-10,12-16,20-23H2,1H3/t26?,27?,28-/m0/s1. The summed E-state index contributed by atoms with van der Waals surface area (Å²) in [6, 6.07) is 19.7. The number of benzene rings is 3. The number of nitrogens with one attached hydrogen (secondary N) is 1. The Morgan fingerprint density at radius 1 is 0.956 bits per heavy atom. The Hall–Kier alpha value is -3.50. The van der Waals surface area contributed by atoms with Crippen molar-refractivity contribution in [1.29, 1.82) is 0 Å². The number of phenolic OH excluding ortho intramolecular Hbond substituents is 1. The lowest BCUT2D eigenvalue weighted by Crippen LogP contribution is -2.58. The molecule has 0 spiro atoms. The predicted octanol–water partition coefficient (Wildman–Crippen LogP) is 4.40. The molecule has 4 aliphatic rings. The molecule has 3 aromatic carbocycles. The van der Waals surface area contributed by atoms with Crippen LogP contribution in [0.5, 0.6) is 11.8 Å². The van der Waals surface area contributed by atoms with Crippen LogP contribution in [0.4, 0.5) is 5.82 Å². The number of aliphatic hydroxyl groups is 1. The first kappa shape index (κ1) is 28.9. The molecule has 4 fully saturated rings. The zero-order valence-electron chi connectivity index (χ0n) is 26.2. The number of likely N-dealkylation sites (N-methyl/N-ethyl adjacent to an activating group) is 1. The zero-order valence-corrected chi connectivity index (χ0v) is 26.2. The van der Waals surface area contributed by atoms with Gasteiger partial charge in [0.25, 0.3) is 0 Å². The maximum absolute atomic E-state index is 11.3. The number of piperazine rings is 1. The highest BCUT2D eigenvalue weighted by Crippen LogP contribution is 2.41. The molecular weight excluding hydrogens is 564 g/mol. The Bertz CT molecular complexity index is 1690. The van der Waals surface area contributed by atoms with Crippen molar-refractivity contribution in [1.82, 2.24) is 25.1 Å². The van der Waals surface area contributed by atoms with Gasteiger partial charge >= 0.3 is 6.01 Å². The van der Waals surface area contributed by atoms with Crippen molar-refractivity contribution >= 4 is 27.5 Å². The van der Waals surface area contributed by atoms with E-state index >= 15 is 0 Å². The van der Waals surface area contributed by atoms with Crippen molar-refractivity contribution in [3.8, 4) is 22.9 Å². The summed E-state index contributed by atoms with van der Waals surface area (Å²) in [7, 11) is 2.16. The van der Waals surface area contributed by atoms with Gasteiger partial charge in [0.1, 0.15) is 18.2 Å². The molecule has 2 unspecified atom stereocenters. The molecule has 9 nitrogen and oxygen atoms in total. The summed E-state index contributed by atoms with van der Waals surface area (Å²) in [5.74, 6) is 1.20. The van der Waals surface area contributed by atoms with Gasteiger partial charge < -0.3 is 30.1 Å². The number of aromatic nitrogens is 2. The highest BCUT2D eigenvalue weighted by Gasteiger charge is 2.43. The van der Waals surface area contributed by atoms with Gasteiger partial charge in [-0.05, 0) is 111 Å². The van der Waals surface area contributed by atoms with E-state index in [1.54, 1.807) is 0 Å². The van der Waals surface area contributed by atoms with E-state index in [0.29, 0.717) is 30.7 Å². The summed E-state index contributed by atoms with van der Waals surface area (Å²) >= 11 is 0. The SMILES string of the molecule is CN1CCC[C@H]1COc1nc(N2C3CCC2CN(CC2(O)CCNCC2)C3)c2ccc(-c3cc(O)cc4ccccc34)cc2n1. The van der Waals surface area contributed by atoms with Gasteiger partial charge in [0.05, 0.1) is 11.1 Å². The quantitative estimate of drug-likeness (QED) is 0.282. The molecular formula is C36H44N6O3. The van der Waals surface area contributed by atoms with Crippen LogP contribution in [0.1, 0.15) is 38.5 Å². The highest BCUT2D eigenvalue weighted by atomic mass is 16.5. The summed E-state index contributed by atoms with van der Waals surface area (Å²) < 4.78 is 6.38. The minimum Gasteiger partial charge on any atom is -0.508 e. The average Bonchev–Trinajstić information content (AvgIpc) is 3.57. The lowest BCUT2D eigenvalue weighted by Gasteiger charge is -2.45. The molecule has 0 amide bonds. The minimum atomic E-state index is -0.602. The second-order valence-corrected chi connectivity index (χ2v) is 13.8. The number of phenols is 1. The van der Waals surface area contributed by atoms with Gasteiger partial charge in [-0.3, -0.25) is 4.90 Å². The summed E-state index contributed by atoms with van der Waals surface area (Å²) in [5.41, 5.74) is 2.23. The number of piperidine rings is 1. The van der Waals surface area contributed by atoms with Crippen molar-refractivity contribution in [2.75, 3.05) is 57.8 Å². The van der Waals surface area contributed by atoms with E-state index in [4.69, 9.17) is 14.7 Å². The van der Waals surface area contributed by atoms with Gasteiger partial charge in [-0.2, -0.15) is 9.97 Å². The van der Waals surface area contributed by atoms with Crippen LogP contribution in [0, 0.1) is 0 Å². The maximum atomic E-state index is 11.3. The highest BCUT2D eigenvalue weighted by molar-refractivity contribution is 6.01. The molecule has 9 heteroatoms. The number of nitrogens with zero attached hydrogens (tertiary/aromatic N) is 5. The molecule has 3 N–H and O–H groups in total. The Balaban J connectivity index is 1.15. The first-order valence-corrected chi connectivity index (χ1v) is 16.7. The third kappa shape index (κ3) is 5.60. The normalized spacial score (nSPS) is 25.4. The van der Waals surface area contributed by atoms with E-state index in [1.807, 2.05) is 30.3 Å². The fourth-order valence-corrected chi connectivity index (χ4v) is 8.35. The molecule has 2 bridgehead atoms. The van der Waals surface area contributed by atoms with Crippen LogP contribution in [-0.2, 0) is 0 Å². The largest absolute Gasteiger partial charge is 0.508 e. The van der Waals surface area contributed by atoms with Crippen LogP contribution in [0.25, 0.3) is 32.8 Å². The van der Waals surface area contributed by atoms with Gasteiger partial charge in [-0.1, -0.05) is 30.3 Å². The Labute approximate surface area is 264 Å². The van der Waals surface area contributed by atoms with Gasteiger partial charge in [-0.25, -0.2) is 0 Å². The topological polar surface area (TPSA) is 97.2 Å². The monoisotopic (exact) mass is 608 g/mol. The van der Waals surface area contributed by atoms with Crippen molar-refractivity contribution in [3.05, 3.63) is 54.6 Å². The number of hydrogen-bond donors (Lipinski definition) is 3. The second kappa shape index (κ2) is 11.7. The number of rotatable bonds is 7. The van der Waals surface area contributed by atoms with E-state index in [9.17, 15) is 10.2 Å². The van der Waals surface area contributed by atoms with Crippen molar-refractivity contribution < 1.29 is 14.9 Å². The van der Waals surface area contributed by atoms with Crippen LogP contribution in [0.3, 0.4) is 0 Å². The van der Waals surface area contributed by atoms with Crippen LogP contribution in [-0.4, -0.2) is 107 Å². The van der Waals surface area contributed by atoms with E-state index in [2.05, 4.69) is 51.3 Å². The smallest absolute Gasteiger partial charge is 0.319 e. The average molecular weight is 609 g/mol. The third-order valence-electron chi connectivity index (χ3n) is 10.7. The number of fused-ring (bicyclic) bond motifs is 4. The van der Waals surface area contributed by atoms with E-state index in [0.717, 1.165) is 110 Å². The van der Waals surface area contributed by atoms with E-state index in [-0.39, 0.29) is 5.75 Å². The second-order valence-electron chi connectivity index (χ2n) is 13.8. The van der Waals surface area contributed by atoms with Crippen LogP contribution < -0.4 is 15.0 Å². The first-order valence-electron chi connectivity index (χ1n) is 16.7. The van der Waals surface area contributed by atoms with Gasteiger partial charge in [0.2, 0.25) is 0 Å². The molecule has 0 aliphatic carbocycles. The van der Waals surface area contributed by atoms with Crippen LogP contribution >= 0.6 is 0 Å². The number of aromatic hydroxyl groups is 1. The molecule has 0 radical (unpaired) electrons. The van der Waals surface area contributed by atoms with Crippen molar-refractivity contribution in [2.24, 2.45) is 0 Å². The molecule has 4 aliphatic heterocycles. The Morgan fingerprint density at radius 2 is 1.76 bits per heavy atom. The first-order chi connectivity index (χ1) is 21.9. The van der Waals surface area contributed by atoms with E-state index in [1.165, 1.54) is 6.42 Å². The molecule has 236 valence electrons. The summed E-state index contributed by atoms with van der Waals surface area (Å²) in [4.78, 5) is 17.5. The lowest BCUT2D eigenvalue weighted by molar-refractivity contribution is -0.0250. The van der Waals surface area contributed by atoms with Gasteiger partial charge in [-0.15, -0.1) is 0 Å².